The number of hydrogen-bond acceptors (Lipinski definition) is 3. The monoisotopic (exact) mass is 302 g/mol. The number of nitrogens with one attached hydrogen (secondary N) is 2. The molecule has 0 atom stereocenters. The number of anilines is 2. The molecule has 0 radical (unpaired) electrons. The van der Waals surface area contributed by atoms with E-state index in [2.05, 4.69) is 10.0 Å². The summed E-state index contributed by atoms with van der Waals surface area (Å²) in [6.45, 7) is 1.79. The molecule has 1 saturated carbocycles. The minimum atomic E-state index is -3.54. The first-order chi connectivity index (χ1) is 10.0. The molecule has 0 bridgehead atoms. The largest absolute Gasteiger partial charge is 0.382 e. The second kappa shape index (κ2) is 5.41. The van der Waals surface area contributed by atoms with Crippen molar-refractivity contribution in [2.75, 3.05) is 10.0 Å². The fourth-order valence-corrected chi connectivity index (χ4v) is 3.47. The summed E-state index contributed by atoms with van der Waals surface area (Å²) in [5.41, 5.74) is 2.33. The second-order valence-electron chi connectivity index (χ2n) is 5.37. The third-order valence-electron chi connectivity index (χ3n) is 3.47. The van der Waals surface area contributed by atoms with Gasteiger partial charge in [0.15, 0.2) is 0 Å². The van der Waals surface area contributed by atoms with Gasteiger partial charge in [-0.15, -0.1) is 0 Å². The van der Waals surface area contributed by atoms with Gasteiger partial charge < -0.3 is 5.32 Å². The molecule has 3 rings (SSSR count). The second-order valence-corrected chi connectivity index (χ2v) is 7.02. The lowest BCUT2D eigenvalue weighted by atomic mass is 10.2. The summed E-state index contributed by atoms with van der Waals surface area (Å²) in [5, 5.41) is 3.37. The maximum atomic E-state index is 12.4. The number of aryl methyl sites for hydroxylation is 1. The molecule has 0 saturated heterocycles. The molecule has 110 valence electrons. The highest BCUT2D eigenvalue weighted by Gasteiger charge is 2.20. The normalized spacial score (nSPS) is 14.7. The Kier molecular flexibility index (Phi) is 3.59. The zero-order valence-corrected chi connectivity index (χ0v) is 12.7. The number of sulfonamides is 1. The smallest absolute Gasteiger partial charge is 0.262 e. The van der Waals surface area contributed by atoms with Crippen LogP contribution in [0.15, 0.2) is 53.4 Å². The van der Waals surface area contributed by atoms with E-state index in [1.54, 1.807) is 37.3 Å². The van der Waals surface area contributed by atoms with Crippen LogP contribution in [0.3, 0.4) is 0 Å². The van der Waals surface area contributed by atoms with Crippen molar-refractivity contribution in [2.24, 2.45) is 0 Å². The molecule has 2 N–H and O–H groups in total. The van der Waals surface area contributed by atoms with Crippen LogP contribution in [0, 0.1) is 6.92 Å². The van der Waals surface area contributed by atoms with Gasteiger partial charge in [0, 0.05) is 17.4 Å². The number of rotatable bonds is 5. The molecule has 0 spiro atoms. The molecule has 0 aromatic heterocycles. The minimum Gasteiger partial charge on any atom is -0.382 e. The Hall–Kier alpha value is -2.01. The van der Waals surface area contributed by atoms with Crippen LogP contribution < -0.4 is 10.0 Å². The predicted octanol–water partition coefficient (Wildman–Crippen LogP) is 3.37. The van der Waals surface area contributed by atoms with E-state index in [-0.39, 0.29) is 0 Å². The van der Waals surface area contributed by atoms with Crippen LogP contribution in [0.5, 0.6) is 0 Å². The zero-order valence-electron chi connectivity index (χ0n) is 11.8. The van der Waals surface area contributed by atoms with E-state index in [1.807, 2.05) is 18.2 Å². The van der Waals surface area contributed by atoms with Crippen LogP contribution in [0.1, 0.15) is 18.4 Å². The lowest BCUT2D eigenvalue weighted by Crippen LogP contribution is -2.14. The average molecular weight is 302 g/mol. The standard InChI is InChI=1S/C16H18N2O2S/c1-12-4-2-3-5-16(12)21(19,20)18-15-10-8-14(9-11-15)17-13-6-7-13/h2-5,8-11,13,17-18H,6-7H2,1H3. The van der Waals surface area contributed by atoms with Gasteiger partial charge in [0.1, 0.15) is 0 Å². The van der Waals surface area contributed by atoms with Crippen molar-refractivity contribution in [3.8, 4) is 0 Å². The zero-order chi connectivity index (χ0) is 14.9. The molecule has 1 aliphatic rings. The van der Waals surface area contributed by atoms with Gasteiger partial charge in [-0.1, -0.05) is 18.2 Å². The summed E-state index contributed by atoms with van der Waals surface area (Å²) in [5.74, 6) is 0. The quantitative estimate of drug-likeness (QED) is 0.890. The van der Waals surface area contributed by atoms with Gasteiger partial charge in [-0.2, -0.15) is 0 Å². The molecule has 2 aromatic rings. The number of benzene rings is 2. The van der Waals surface area contributed by atoms with Crippen LogP contribution in [-0.2, 0) is 10.0 Å². The SMILES string of the molecule is Cc1ccccc1S(=O)(=O)Nc1ccc(NC2CC2)cc1. The van der Waals surface area contributed by atoms with Crippen molar-refractivity contribution >= 4 is 21.4 Å². The van der Waals surface area contributed by atoms with Crippen molar-refractivity contribution in [1.29, 1.82) is 0 Å². The van der Waals surface area contributed by atoms with Gasteiger partial charge in [0.05, 0.1) is 4.90 Å². The summed E-state index contributed by atoms with van der Waals surface area (Å²) in [6, 6.07) is 14.9. The fraction of sp³-hybridized carbons (Fsp3) is 0.250. The van der Waals surface area contributed by atoms with Crippen LogP contribution >= 0.6 is 0 Å². The summed E-state index contributed by atoms with van der Waals surface area (Å²) in [6.07, 6.45) is 2.42. The Labute approximate surface area is 125 Å². The van der Waals surface area contributed by atoms with Crippen LogP contribution in [0.4, 0.5) is 11.4 Å². The van der Waals surface area contributed by atoms with E-state index in [4.69, 9.17) is 0 Å². The van der Waals surface area contributed by atoms with Gasteiger partial charge in [0.25, 0.3) is 10.0 Å². The number of hydrogen-bond donors (Lipinski definition) is 2. The van der Waals surface area contributed by atoms with Gasteiger partial charge in [-0.25, -0.2) is 8.42 Å². The van der Waals surface area contributed by atoms with Crippen LogP contribution in [0.2, 0.25) is 0 Å². The highest BCUT2D eigenvalue weighted by atomic mass is 32.2. The van der Waals surface area contributed by atoms with E-state index in [1.165, 1.54) is 12.8 Å². The molecular weight excluding hydrogens is 284 g/mol. The lowest BCUT2D eigenvalue weighted by Gasteiger charge is -2.11. The van der Waals surface area contributed by atoms with Gasteiger partial charge in [-0.05, 0) is 55.7 Å². The molecule has 2 aromatic carbocycles. The predicted molar refractivity (Wildman–Crippen MR) is 85.1 cm³/mol. The van der Waals surface area contributed by atoms with Crippen LogP contribution in [0.25, 0.3) is 0 Å². The Balaban J connectivity index is 1.77. The maximum Gasteiger partial charge on any atom is 0.262 e. The average Bonchev–Trinajstić information content (AvgIpc) is 3.25. The fourth-order valence-electron chi connectivity index (χ4n) is 2.17. The summed E-state index contributed by atoms with van der Waals surface area (Å²) in [7, 11) is -3.54. The van der Waals surface area contributed by atoms with E-state index < -0.39 is 10.0 Å². The molecule has 0 aliphatic heterocycles. The Morgan fingerprint density at radius 2 is 1.57 bits per heavy atom. The molecule has 0 amide bonds. The molecule has 0 heterocycles. The van der Waals surface area contributed by atoms with E-state index in [0.29, 0.717) is 16.6 Å². The summed E-state index contributed by atoms with van der Waals surface area (Å²) >= 11 is 0. The lowest BCUT2D eigenvalue weighted by molar-refractivity contribution is 0.600. The molecule has 21 heavy (non-hydrogen) atoms. The van der Waals surface area contributed by atoms with E-state index in [9.17, 15) is 8.42 Å². The third-order valence-corrected chi connectivity index (χ3v) is 5.01. The van der Waals surface area contributed by atoms with E-state index >= 15 is 0 Å². The van der Waals surface area contributed by atoms with Crippen LogP contribution in [-0.4, -0.2) is 14.5 Å². The first kappa shape index (κ1) is 13.9. The Morgan fingerprint density at radius 3 is 2.19 bits per heavy atom. The maximum absolute atomic E-state index is 12.4. The van der Waals surface area contributed by atoms with Crippen molar-refractivity contribution < 1.29 is 8.42 Å². The molecule has 1 aliphatic carbocycles. The molecule has 5 heteroatoms. The van der Waals surface area contributed by atoms with E-state index in [0.717, 1.165) is 11.3 Å². The Bertz CT molecular complexity index is 735. The van der Waals surface area contributed by atoms with Crippen molar-refractivity contribution in [3.05, 3.63) is 54.1 Å². The molecule has 1 fully saturated rings. The molecular formula is C16H18N2O2S. The highest BCUT2D eigenvalue weighted by Crippen LogP contribution is 2.26. The molecule has 4 nitrogen and oxygen atoms in total. The third kappa shape index (κ3) is 3.36. The summed E-state index contributed by atoms with van der Waals surface area (Å²) in [4.78, 5) is 0.310. The van der Waals surface area contributed by atoms with Gasteiger partial charge in [-0.3, -0.25) is 4.72 Å². The highest BCUT2D eigenvalue weighted by molar-refractivity contribution is 7.92. The molecule has 0 unspecified atom stereocenters. The minimum absolute atomic E-state index is 0.310. The Morgan fingerprint density at radius 1 is 0.952 bits per heavy atom. The first-order valence-corrected chi connectivity index (χ1v) is 8.48. The van der Waals surface area contributed by atoms with Crippen molar-refractivity contribution in [3.63, 3.8) is 0 Å². The van der Waals surface area contributed by atoms with Gasteiger partial charge >= 0.3 is 0 Å². The summed E-state index contributed by atoms with van der Waals surface area (Å²) < 4.78 is 27.4. The van der Waals surface area contributed by atoms with Gasteiger partial charge in [0.2, 0.25) is 0 Å². The first-order valence-electron chi connectivity index (χ1n) is 7.00. The van der Waals surface area contributed by atoms with Crippen molar-refractivity contribution in [1.82, 2.24) is 0 Å². The topological polar surface area (TPSA) is 58.2 Å². The van der Waals surface area contributed by atoms with Crippen molar-refractivity contribution in [2.45, 2.75) is 30.7 Å².